The van der Waals surface area contributed by atoms with Crippen LogP contribution in [0.3, 0.4) is 0 Å². The maximum atomic E-state index is 11.6. The number of thioether (sulfide) groups is 1. The molecular formula is C16H21N3O2S. The molecule has 6 heteroatoms. The van der Waals surface area contributed by atoms with E-state index in [-0.39, 0.29) is 0 Å². The number of carboxylic acids is 1. The molecule has 1 atom stereocenters. The molecule has 2 N–H and O–H groups in total. The summed E-state index contributed by atoms with van der Waals surface area (Å²) in [6.07, 6.45) is 0. The Kier molecular flexibility index (Phi) is 5.63. The Morgan fingerprint density at radius 3 is 2.64 bits per heavy atom. The monoisotopic (exact) mass is 319 g/mol. The van der Waals surface area contributed by atoms with Gasteiger partial charge in [-0.25, -0.2) is 9.79 Å². The molecule has 22 heavy (non-hydrogen) atoms. The summed E-state index contributed by atoms with van der Waals surface area (Å²) in [5, 5.41) is 13.4. The van der Waals surface area contributed by atoms with E-state index in [0.717, 1.165) is 23.0 Å². The molecule has 0 amide bonds. The van der Waals surface area contributed by atoms with Gasteiger partial charge >= 0.3 is 5.97 Å². The van der Waals surface area contributed by atoms with Gasteiger partial charge in [-0.05, 0) is 26.6 Å². The van der Waals surface area contributed by atoms with Crippen molar-refractivity contribution in [2.24, 2.45) is 4.99 Å². The Balaban J connectivity index is 2.24. The van der Waals surface area contributed by atoms with Crippen molar-refractivity contribution in [2.45, 2.75) is 13.0 Å². The average molecular weight is 319 g/mol. The maximum absolute atomic E-state index is 11.6. The van der Waals surface area contributed by atoms with E-state index in [9.17, 15) is 9.90 Å². The first-order valence-corrected chi connectivity index (χ1v) is 8.09. The number of hydrogen-bond acceptors (Lipinski definition) is 5. The number of amidine groups is 1. The van der Waals surface area contributed by atoms with Gasteiger partial charge < -0.3 is 15.3 Å². The van der Waals surface area contributed by atoms with Crippen LogP contribution in [-0.4, -0.2) is 47.5 Å². The normalized spacial score (nSPS) is 18.2. The molecular weight excluding hydrogens is 298 g/mol. The first kappa shape index (κ1) is 16.6. The van der Waals surface area contributed by atoms with Crippen molar-refractivity contribution >= 4 is 22.9 Å². The number of hydrogen-bond donors (Lipinski definition) is 2. The highest BCUT2D eigenvalue weighted by molar-refractivity contribution is 8.13. The molecule has 1 heterocycles. The minimum absolute atomic E-state index is 0.308. The highest BCUT2D eigenvalue weighted by Gasteiger charge is 2.28. The largest absolute Gasteiger partial charge is 0.478 e. The van der Waals surface area contributed by atoms with Crippen LogP contribution in [0.2, 0.25) is 0 Å². The van der Waals surface area contributed by atoms with Crippen LogP contribution in [0.5, 0.6) is 0 Å². The van der Waals surface area contributed by atoms with E-state index in [0.29, 0.717) is 11.3 Å². The number of benzene rings is 1. The minimum atomic E-state index is -0.931. The second-order valence-electron chi connectivity index (χ2n) is 5.37. The van der Waals surface area contributed by atoms with Gasteiger partial charge in [-0.1, -0.05) is 42.1 Å². The molecule has 0 spiro atoms. The summed E-state index contributed by atoms with van der Waals surface area (Å²) in [5.74, 6) is -0.0318. The molecule has 0 bridgehead atoms. The molecule has 0 saturated heterocycles. The van der Waals surface area contributed by atoms with Crippen molar-refractivity contribution in [1.29, 1.82) is 0 Å². The van der Waals surface area contributed by atoms with E-state index in [1.54, 1.807) is 18.7 Å². The maximum Gasteiger partial charge on any atom is 0.335 e. The molecule has 1 unspecified atom stereocenters. The Morgan fingerprint density at radius 1 is 1.36 bits per heavy atom. The Hall–Kier alpha value is -1.79. The fourth-order valence-corrected chi connectivity index (χ4v) is 3.25. The third kappa shape index (κ3) is 4.11. The third-order valence-electron chi connectivity index (χ3n) is 3.34. The number of aliphatic carboxylic acids is 1. The van der Waals surface area contributed by atoms with Gasteiger partial charge in [0.1, 0.15) is 6.04 Å². The lowest BCUT2D eigenvalue weighted by Gasteiger charge is -2.25. The summed E-state index contributed by atoms with van der Waals surface area (Å²) in [6.45, 7) is 2.73. The third-order valence-corrected chi connectivity index (χ3v) is 4.21. The first-order valence-electron chi connectivity index (χ1n) is 7.10. The highest BCUT2D eigenvalue weighted by Crippen LogP contribution is 2.31. The van der Waals surface area contributed by atoms with Crippen molar-refractivity contribution in [3.05, 3.63) is 47.2 Å². The van der Waals surface area contributed by atoms with Crippen molar-refractivity contribution in [2.75, 3.05) is 26.4 Å². The van der Waals surface area contributed by atoms with Crippen molar-refractivity contribution < 1.29 is 9.90 Å². The number of nitrogens with one attached hydrogen (secondary N) is 1. The standard InChI is InChI=1S/C16H21N3O2S/c1-11-13(15(20)21)14(12-7-5-4-6-8-12)18-16(17-11)22-10-9-19(2)3/h4-8,14H,9-10H2,1-3H3,(H,17,18)(H,20,21). The summed E-state index contributed by atoms with van der Waals surface area (Å²) < 4.78 is 0. The van der Waals surface area contributed by atoms with Gasteiger partial charge in [0.25, 0.3) is 0 Å². The number of aliphatic imine (C=N–C) groups is 1. The topological polar surface area (TPSA) is 64.9 Å². The zero-order chi connectivity index (χ0) is 16.1. The quantitative estimate of drug-likeness (QED) is 0.872. The number of carbonyl (C=O) groups is 1. The first-order chi connectivity index (χ1) is 10.5. The number of nitrogens with zero attached hydrogens (tertiary/aromatic N) is 2. The van der Waals surface area contributed by atoms with Crippen molar-refractivity contribution in [3.63, 3.8) is 0 Å². The average Bonchev–Trinajstić information content (AvgIpc) is 2.46. The molecule has 1 aromatic carbocycles. The zero-order valence-corrected chi connectivity index (χ0v) is 13.9. The van der Waals surface area contributed by atoms with Gasteiger partial charge in [0.15, 0.2) is 5.17 Å². The molecule has 2 rings (SSSR count). The summed E-state index contributed by atoms with van der Waals surface area (Å²) in [5.41, 5.74) is 1.86. The molecule has 0 aliphatic carbocycles. The Morgan fingerprint density at radius 2 is 2.05 bits per heavy atom. The molecule has 118 valence electrons. The van der Waals surface area contributed by atoms with Gasteiger partial charge in [0, 0.05) is 18.0 Å². The molecule has 1 aliphatic heterocycles. The van der Waals surface area contributed by atoms with Gasteiger partial charge in [0.05, 0.1) is 5.57 Å². The van der Waals surface area contributed by atoms with Gasteiger partial charge in [0.2, 0.25) is 0 Å². The number of allylic oxidation sites excluding steroid dienone is 1. The van der Waals surface area contributed by atoms with Gasteiger partial charge in [-0.2, -0.15) is 0 Å². The van der Waals surface area contributed by atoms with Crippen molar-refractivity contribution in [1.82, 2.24) is 10.2 Å². The predicted molar refractivity (Wildman–Crippen MR) is 91.1 cm³/mol. The molecule has 1 aliphatic rings. The van der Waals surface area contributed by atoms with Crippen LogP contribution >= 0.6 is 11.8 Å². The van der Waals surface area contributed by atoms with Gasteiger partial charge in [-0.3, -0.25) is 0 Å². The van der Waals surface area contributed by atoms with Crippen LogP contribution in [0.15, 0.2) is 46.6 Å². The minimum Gasteiger partial charge on any atom is -0.478 e. The van der Waals surface area contributed by atoms with Crippen molar-refractivity contribution in [3.8, 4) is 0 Å². The summed E-state index contributed by atoms with van der Waals surface area (Å²) >= 11 is 1.61. The van der Waals surface area contributed by atoms with Crippen LogP contribution in [0.1, 0.15) is 18.5 Å². The molecule has 0 saturated carbocycles. The molecule has 0 fully saturated rings. The summed E-state index contributed by atoms with van der Waals surface area (Å²) in [6, 6.07) is 9.09. The fourth-order valence-electron chi connectivity index (χ4n) is 2.20. The lowest BCUT2D eigenvalue weighted by molar-refractivity contribution is -0.133. The summed E-state index contributed by atoms with van der Waals surface area (Å²) in [7, 11) is 4.05. The van der Waals surface area contributed by atoms with Crippen LogP contribution in [0, 0.1) is 0 Å². The van der Waals surface area contributed by atoms with Crippen LogP contribution in [0.25, 0.3) is 0 Å². The van der Waals surface area contributed by atoms with Crippen LogP contribution in [-0.2, 0) is 4.79 Å². The second-order valence-corrected chi connectivity index (χ2v) is 6.45. The SMILES string of the molecule is CC1=C(C(=O)O)C(c2ccccc2)N=C(SCCN(C)C)N1. The smallest absolute Gasteiger partial charge is 0.335 e. The molecule has 1 aromatic rings. The molecule has 0 aromatic heterocycles. The Labute approximate surface area is 135 Å². The van der Waals surface area contributed by atoms with E-state index in [1.807, 2.05) is 44.4 Å². The van der Waals surface area contributed by atoms with E-state index in [2.05, 4.69) is 15.2 Å². The zero-order valence-electron chi connectivity index (χ0n) is 13.0. The number of rotatable bonds is 5. The fraction of sp³-hybridized carbons (Fsp3) is 0.375. The van der Waals surface area contributed by atoms with E-state index < -0.39 is 12.0 Å². The lowest BCUT2D eigenvalue weighted by atomic mass is 9.97. The lowest BCUT2D eigenvalue weighted by Crippen LogP contribution is -2.30. The van der Waals surface area contributed by atoms with E-state index in [1.165, 1.54) is 0 Å². The van der Waals surface area contributed by atoms with E-state index in [4.69, 9.17) is 0 Å². The second kappa shape index (κ2) is 7.47. The van der Waals surface area contributed by atoms with E-state index >= 15 is 0 Å². The Bertz CT molecular complexity index is 597. The van der Waals surface area contributed by atoms with Gasteiger partial charge in [-0.15, -0.1) is 0 Å². The molecule has 0 radical (unpaired) electrons. The van der Waals surface area contributed by atoms with Crippen LogP contribution in [0.4, 0.5) is 0 Å². The van der Waals surface area contributed by atoms with Crippen LogP contribution < -0.4 is 5.32 Å². The predicted octanol–water partition coefficient (Wildman–Crippen LogP) is 2.34. The summed E-state index contributed by atoms with van der Waals surface area (Å²) in [4.78, 5) is 18.3. The molecule has 5 nitrogen and oxygen atoms in total. The number of carboxylic acid groups (broad SMARTS) is 1. The highest BCUT2D eigenvalue weighted by atomic mass is 32.2.